The largest absolute Gasteiger partial charge is 0.463 e. The van der Waals surface area contributed by atoms with E-state index < -0.39 is 11.2 Å². The first-order valence-electron chi connectivity index (χ1n) is 4.11. The molecule has 0 atom stereocenters. The maximum atomic E-state index is 12.9. The summed E-state index contributed by atoms with van der Waals surface area (Å²) in [6, 6.07) is 3.65. The third kappa shape index (κ3) is 1.59. The van der Waals surface area contributed by atoms with Gasteiger partial charge in [-0.05, 0) is 18.2 Å². The number of hydrogen-bond acceptors (Lipinski definition) is 4. The molecule has 2 aromatic rings. The number of benzene rings is 1. The SMILES string of the molecule is O=c1c(/C=N/O)coc2ccc(F)cc12. The van der Waals surface area contributed by atoms with Gasteiger partial charge in [0, 0.05) is 0 Å². The molecular weight excluding hydrogens is 201 g/mol. The Hall–Kier alpha value is -2.17. The topological polar surface area (TPSA) is 62.8 Å². The molecule has 1 aromatic carbocycles. The van der Waals surface area contributed by atoms with Crippen molar-refractivity contribution in [1.82, 2.24) is 0 Å². The molecule has 2 rings (SSSR count). The zero-order valence-electron chi connectivity index (χ0n) is 7.48. The number of fused-ring (bicyclic) bond motifs is 1. The molecule has 76 valence electrons. The van der Waals surface area contributed by atoms with Gasteiger partial charge in [-0.3, -0.25) is 4.79 Å². The summed E-state index contributed by atoms with van der Waals surface area (Å²) in [7, 11) is 0. The molecule has 0 fully saturated rings. The van der Waals surface area contributed by atoms with Gasteiger partial charge in [-0.25, -0.2) is 4.39 Å². The van der Waals surface area contributed by atoms with Gasteiger partial charge < -0.3 is 9.62 Å². The summed E-state index contributed by atoms with van der Waals surface area (Å²) >= 11 is 0. The van der Waals surface area contributed by atoms with Gasteiger partial charge in [0.25, 0.3) is 0 Å². The van der Waals surface area contributed by atoms with Crippen LogP contribution in [0.25, 0.3) is 11.0 Å². The molecule has 5 heteroatoms. The van der Waals surface area contributed by atoms with Crippen molar-refractivity contribution in [3.8, 4) is 0 Å². The fourth-order valence-corrected chi connectivity index (χ4v) is 1.27. The van der Waals surface area contributed by atoms with Gasteiger partial charge in [0.15, 0.2) is 0 Å². The van der Waals surface area contributed by atoms with Crippen LogP contribution >= 0.6 is 0 Å². The summed E-state index contributed by atoms with van der Waals surface area (Å²) in [5.41, 5.74) is -0.0827. The molecule has 0 aliphatic rings. The highest BCUT2D eigenvalue weighted by molar-refractivity contribution is 5.85. The van der Waals surface area contributed by atoms with Crippen molar-refractivity contribution in [2.24, 2.45) is 5.16 Å². The van der Waals surface area contributed by atoms with Crippen molar-refractivity contribution in [3.05, 3.63) is 46.1 Å². The number of nitrogens with zero attached hydrogens (tertiary/aromatic N) is 1. The Morgan fingerprint density at radius 2 is 2.27 bits per heavy atom. The van der Waals surface area contributed by atoms with E-state index in [0.29, 0.717) is 0 Å². The summed E-state index contributed by atoms with van der Waals surface area (Å²) in [6.07, 6.45) is 2.10. The molecule has 1 heterocycles. The molecule has 0 saturated carbocycles. The fraction of sp³-hybridized carbons (Fsp3) is 0. The van der Waals surface area contributed by atoms with Gasteiger partial charge in [-0.2, -0.15) is 0 Å². The first-order valence-corrected chi connectivity index (χ1v) is 4.11. The lowest BCUT2D eigenvalue weighted by Crippen LogP contribution is -2.08. The van der Waals surface area contributed by atoms with Gasteiger partial charge in [0.05, 0.1) is 17.2 Å². The van der Waals surface area contributed by atoms with E-state index in [-0.39, 0.29) is 16.5 Å². The van der Waals surface area contributed by atoms with Crippen LogP contribution in [0.2, 0.25) is 0 Å². The lowest BCUT2D eigenvalue weighted by Gasteiger charge is -1.97. The number of rotatable bonds is 1. The van der Waals surface area contributed by atoms with Gasteiger partial charge in [-0.1, -0.05) is 5.16 Å². The minimum Gasteiger partial charge on any atom is -0.463 e. The van der Waals surface area contributed by atoms with Crippen LogP contribution in [0.15, 0.2) is 38.8 Å². The summed E-state index contributed by atoms with van der Waals surface area (Å²) < 4.78 is 17.9. The summed E-state index contributed by atoms with van der Waals surface area (Å²) in [5, 5.41) is 11.1. The van der Waals surface area contributed by atoms with Gasteiger partial charge >= 0.3 is 0 Å². The molecule has 0 aliphatic heterocycles. The van der Waals surface area contributed by atoms with Crippen molar-refractivity contribution in [2.45, 2.75) is 0 Å². The highest BCUT2D eigenvalue weighted by Crippen LogP contribution is 2.12. The Kier molecular flexibility index (Phi) is 2.21. The smallest absolute Gasteiger partial charge is 0.201 e. The van der Waals surface area contributed by atoms with E-state index in [1.807, 2.05) is 0 Å². The first kappa shape index (κ1) is 9.39. The van der Waals surface area contributed by atoms with Crippen LogP contribution in [-0.2, 0) is 0 Å². The van der Waals surface area contributed by atoms with E-state index in [2.05, 4.69) is 5.16 Å². The summed E-state index contributed by atoms with van der Waals surface area (Å²) in [6.45, 7) is 0. The Balaban J connectivity index is 2.83. The lowest BCUT2D eigenvalue weighted by molar-refractivity contribution is 0.321. The Labute approximate surface area is 83.3 Å². The monoisotopic (exact) mass is 207 g/mol. The van der Waals surface area contributed by atoms with Crippen LogP contribution in [0.4, 0.5) is 4.39 Å². The van der Waals surface area contributed by atoms with Crippen molar-refractivity contribution >= 4 is 17.2 Å². The normalized spacial score (nSPS) is 11.3. The maximum absolute atomic E-state index is 12.9. The second-order valence-electron chi connectivity index (χ2n) is 2.91. The quantitative estimate of drug-likeness (QED) is 0.440. The predicted molar refractivity (Wildman–Crippen MR) is 51.8 cm³/mol. The number of halogens is 1. The second-order valence-corrected chi connectivity index (χ2v) is 2.91. The van der Waals surface area contributed by atoms with E-state index in [9.17, 15) is 9.18 Å². The van der Waals surface area contributed by atoms with Crippen molar-refractivity contribution in [2.75, 3.05) is 0 Å². The van der Waals surface area contributed by atoms with Crippen LogP contribution in [0, 0.1) is 5.82 Å². The molecule has 0 amide bonds. The van der Waals surface area contributed by atoms with Gasteiger partial charge in [-0.15, -0.1) is 0 Å². The van der Waals surface area contributed by atoms with E-state index in [0.717, 1.165) is 18.5 Å². The minimum atomic E-state index is -0.520. The Bertz CT molecular complexity index is 589. The van der Waals surface area contributed by atoms with Crippen LogP contribution in [-0.4, -0.2) is 11.4 Å². The van der Waals surface area contributed by atoms with E-state index in [1.165, 1.54) is 12.1 Å². The lowest BCUT2D eigenvalue weighted by atomic mass is 10.2. The van der Waals surface area contributed by atoms with Crippen molar-refractivity contribution in [3.63, 3.8) is 0 Å². The van der Waals surface area contributed by atoms with Crippen LogP contribution < -0.4 is 5.43 Å². The molecule has 0 unspecified atom stereocenters. The fourth-order valence-electron chi connectivity index (χ4n) is 1.27. The van der Waals surface area contributed by atoms with E-state index in [4.69, 9.17) is 9.62 Å². The molecule has 0 aliphatic carbocycles. The zero-order chi connectivity index (χ0) is 10.8. The van der Waals surface area contributed by atoms with E-state index in [1.54, 1.807) is 0 Å². The highest BCUT2D eigenvalue weighted by Gasteiger charge is 2.06. The average molecular weight is 207 g/mol. The average Bonchev–Trinajstić information content (AvgIpc) is 2.23. The molecule has 0 bridgehead atoms. The van der Waals surface area contributed by atoms with Crippen molar-refractivity contribution < 1.29 is 14.0 Å². The minimum absolute atomic E-state index is 0.0654. The van der Waals surface area contributed by atoms with Crippen LogP contribution in [0.1, 0.15) is 5.56 Å². The first-order chi connectivity index (χ1) is 7.22. The third-order valence-electron chi connectivity index (χ3n) is 1.96. The molecule has 0 spiro atoms. The second kappa shape index (κ2) is 3.53. The molecule has 0 saturated heterocycles. The predicted octanol–water partition coefficient (Wildman–Crippen LogP) is 1.74. The molecule has 4 nitrogen and oxygen atoms in total. The summed E-state index contributed by atoms with van der Waals surface area (Å²) in [5.74, 6) is -0.520. The zero-order valence-corrected chi connectivity index (χ0v) is 7.48. The molecular formula is C10H6FNO3. The summed E-state index contributed by atoms with van der Waals surface area (Å²) in [4.78, 5) is 11.6. The van der Waals surface area contributed by atoms with Gasteiger partial charge in [0.1, 0.15) is 17.7 Å². The number of oxime groups is 1. The van der Waals surface area contributed by atoms with Crippen LogP contribution in [0.3, 0.4) is 0 Å². The molecule has 1 aromatic heterocycles. The molecule has 1 N–H and O–H groups in total. The maximum Gasteiger partial charge on any atom is 0.201 e. The van der Waals surface area contributed by atoms with E-state index >= 15 is 0 Å². The van der Waals surface area contributed by atoms with Crippen LogP contribution in [0.5, 0.6) is 0 Å². The van der Waals surface area contributed by atoms with Crippen molar-refractivity contribution in [1.29, 1.82) is 0 Å². The Morgan fingerprint density at radius 3 is 3.00 bits per heavy atom. The Morgan fingerprint density at radius 1 is 1.47 bits per heavy atom. The third-order valence-corrected chi connectivity index (χ3v) is 1.96. The molecule has 0 radical (unpaired) electrons. The molecule has 15 heavy (non-hydrogen) atoms. The number of hydrogen-bond donors (Lipinski definition) is 1. The highest BCUT2D eigenvalue weighted by atomic mass is 19.1. The van der Waals surface area contributed by atoms with Gasteiger partial charge in [0.2, 0.25) is 5.43 Å². The standard InChI is InChI=1S/C10H6FNO3/c11-7-1-2-9-8(3-7)10(13)6(4-12-14)5-15-9/h1-5,14H/b12-4+.